The largest absolute Gasteiger partial charge is 0.365 e. The van der Waals surface area contributed by atoms with E-state index in [0.29, 0.717) is 11.1 Å². The predicted molar refractivity (Wildman–Crippen MR) is 50.8 cm³/mol. The van der Waals surface area contributed by atoms with Crippen molar-refractivity contribution in [3.8, 4) is 11.1 Å². The van der Waals surface area contributed by atoms with Gasteiger partial charge in [-0.25, -0.2) is 13.2 Å². The second-order valence-corrected chi connectivity index (χ2v) is 3.33. The van der Waals surface area contributed by atoms with Crippen LogP contribution in [0.15, 0.2) is 24.4 Å². The number of aromatic amines is 1. The molecule has 0 atom stereocenters. The van der Waals surface area contributed by atoms with Gasteiger partial charge in [0.1, 0.15) is 0 Å². The summed E-state index contributed by atoms with van der Waals surface area (Å²) in [5, 5.41) is 0. The maximum atomic E-state index is 12.9. The number of nitrogens with one attached hydrogen (secondary N) is 1. The molecule has 0 unspecified atom stereocenters. The fraction of sp³-hybridized carbons (Fsp3) is 0.0909. The van der Waals surface area contributed by atoms with Crippen LogP contribution in [0.3, 0.4) is 0 Å². The van der Waals surface area contributed by atoms with Gasteiger partial charge in [0.05, 0.1) is 0 Å². The summed E-state index contributed by atoms with van der Waals surface area (Å²) in [5.74, 6) is -3.79. The van der Waals surface area contributed by atoms with E-state index in [0.717, 1.165) is 17.8 Å². The smallest absolute Gasteiger partial charge is 0.194 e. The fourth-order valence-electron chi connectivity index (χ4n) is 1.40. The van der Waals surface area contributed by atoms with Crippen LogP contribution in [0.4, 0.5) is 13.2 Å². The van der Waals surface area contributed by atoms with Crippen LogP contribution in [0.1, 0.15) is 5.69 Å². The maximum absolute atomic E-state index is 12.9. The molecule has 0 saturated carbocycles. The van der Waals surface area contributed by atoms with Crippen LogP contribution < -0.4 is 0 Å². The lowest BCUT2D eigenvalue weighted by Crippen LogP contribution is -1.90. The van der Waals surface area contributed by atoms with Gasteiger partial charge in [0.25, 0.3) is 0 Å². The fourth-order valence-corrected chi connectivity index (χ4v) is 1.40. The number of H-pyrrole nitrogens is 1. The van der Waals surface area contributed by atoms with Gasteiger partial charge in [0.15, 0.2) is 17.5 Å². The minimum Gasteiger partial charge on any atom is -0.365 e. The van der Waals surface area contributed by atoms with Gasteiger partial charge in [-0.1, -0.05) is 0 Å². The standard InChI is InChI=1S/C11H8F3N/c1-6-2-8(5-15-6)7-3-9(12)11(14)10(13)4-7/h2-5,15H,1H3. The number of aryl methyl sites for hydroxylation is 1. The van der Waals surface area contributed by atoms with E-state index in [4.69, 9.17) is 0 Å². The highest BCUT2D eigenvalue weighted by Gasteiger charge is 2.11. The first-order valence-electron chi connectivity index (χ1n) is 4.38. The minimum absolute atomic E-state index is 0.316. The first kappa shape index (κ1) is 9.83. The molecule has 0 aliphatic heterocycles. The molecule has 78 valence electrons. The van der Waals surface area contributed by atoms with E-state index < -0.39 is 17.5 Å². The van der Waals surface area contributed by atoms with Crippen LogP contribution in [0, 0.1) is 24.4 Å². The molecule has 2 aromatic rings. The summed E-state index contributed by atoms with van der Waals surface area (Å²) < 4.78 is 38.5. The molecule has 0 aliphatic carbocycles. The van der Waals surface area contributed by atoms with Crippen molar-refractivity contribution in [2.45, 2.75) is 6.92 Å². The summed E-state index contributed by atoms with van der Waals surface area (Å²) in [6.45, 7) is 1.82. The molecular weight excluding hydrogens is 203 g/mol. The van der Waals surface area contributed by atoms with Crippen molar-refractivity contribution in [2.24, 2.45) is 0 Å². The van der Waals surface area contributed by atoms with Gasteiger partial charge >= 0.3 is 0 Å². The third-order valence-electron chi connectivity index (χ3n) is 2.14. The van der Waals surface area contributed by atoms with E-state index in [1.54, 1.807) is 12.3 Å². The van der Waals surface area contributed by atoms with Crippen molar-refractivity contribution in [3.05, 3.63) is 47.5 Å². The second kappa shape index (κ2) is 3.46. The molecule has 1 aromatic heterocycles. The predicted octanol–water partition coefficient (Wildman–Crippen LogP) is 3.41. The molecule has 4 heteroatoms. The third kappa shape index (κ3) is 1.75. The molecule has 0 amide bonds. The zero-order chi connectivity index (χ0) is 11.0. The number of rotatable bonds is 1. The number of hydrogen-bond acceptors (Lipinski definition) is 0. The first-order chi connectivity index (χ1) is 7.08. The Morgan fingerprint density at radius 2 is 1.53 bits per heavy atom. The Kier molecular flexibility index (Phi) is 2.26. The molecule has 1 nitrogen and oxygen atoms in total. The molecule has 2 rings (SSSR count). The van der Waals surface area contributed by atoms with Crippen molar-refractivity contribution in [1.29, 1.82) is 0 Å². The van der Waals surface area contributed by atoms with Crippen molar-refractivity contribution in [3.63, 3.8) is 0 Å². The average Bonchev–Trinajstić information content (AvgIpc) is 2.60. The van der Waals surface area contributed by atoms with Crippen LogP contribution in [-0.4, -0.2) is 4.98 Å². The number of benzene rings is 1. The Hall–Kier alpha value is -1.71. The summed E-state index contributed by atoms with van der Waals surface area (Å²) in [5.41, 5.74) is 1.82. The lowest BCUT2D eigenvalue weighted by Gasteiger charge is -2.00. The first-order valence-corrected chi connectivity index (χ1v) is 4.38. The highest BCUT2D eigenvalue weighted by atomic mass is 19.2. The van der Waals surface area contributed by atoms with E-state index in [9.17, 15) is 13.2 Å². The highest BCUT2D eigenvalue weighted by Crippen LogP contribution is 2.24. The Morgan fingerprint density at radius 3 is 2.00 bits per heavy atom. The van der Waals surface area contributed by atoms with Crippen molar-refractivity contribution >= 4 is 0 Å². The second-order valence-electron chi connectivity index (χ2n) is 3.33. The van der Waals surface area contributed by atoms with Crippen molar-refractivity contribution in [2.75, 3.05) is 0 Å². The third-order valence-corrected chi connectivity index (χ3v) is 2.14. The minimum atomic E-state index is -1.44. The van der Waals surface area contributed by atoms with Crippen LogP contribution in [0.25, 0.3) is 11.1 Å². The molecular formula is C11H8F3N. The number of hydrogen-bond donors (Lipinski definition) is 1. The Labute approximate surface area is 84.6 Å². The zero-order valence-corrected chi connectivity index (χ0v) is 7.94. The molecule has 1 aromatic carbocycles. The molecule has 0 fully saturated rings. The lowest BCUT2D eigenvalue weighted by molar-refractivity contribution is 0.448. The van der Waals surface area contributed by atoms with Crippen molar-refractivity contribution in [1.82, 2.24) is 4.98 Å². The van der Waals surface area contributed by atoms with Gasteiger partial charge < -0.3 is 4.98 Å². The molecule has 1 heterocycles. The molecule has 0 bridgehead atoms. The van der Waals surface area contributed by atoms with Gasteiger partial charge in [-0.05, 0) is 36.2 Å². The monoisotopic (exact) mass is 211 g/mol. The average molecular weight is 211 g/mol. The van der Waals surface area contributed by atoms with Crippen LogP contribution >= 0.6 is 0 Å². The van der Waals surface area contributed by atoms with Crippen LogP contribution in [0.5, 0.6) is 0 Å². The Balaban J connectivity index is 2.55. The topological polar surface area (TPSA) is 15.8 Å². The van der Waals surface area contributed by atoms with E-state index in [-0.39, 0.29) is 0 Å². The highest BCUT2D eigenvalue weighted by molar-refractivity contribution is 5.63. The van der Waals surface area contributed by atoms with E-state index in [1.807, 2.05) is 6.92 Å². The SMILES string of the molecule is Cc1cc(-c2cc(F)c(F)c(F)c2)c[nH]1. The molecule has 0 radical (unpaired) electrons. The number of halogens is 3. The van der Waals surface area contributed by atoms with Gasteiger partial charge in [-0.2, -0.15) is 0 Å². The van der Waals surface area contributed by atoms with Crippen LogP contribution in [-0.2, 0) is 0 Å². The molecule has 15 heavy (non-hydrogen) atoms. The van der Waals surface area contributed by atoms with Gasteiger partial charge in [-0.3, -0.25) is 0 Å². The van der Waals surface area contributed by atoms with Crippen LogP contribution in [0.2, 0.25) is 0 Å². The normalized spacial score (nSPS) is 10.7. The summed E-state index contributed by atoms with van der Waals surface area (Å²) in [4.78, 5) is 2.88. The maximum Gasteiger partial charge on any atom is 0.194 e. The van der Waals surface area contributed by atoms with Crippen molar-refractivity contribution < 1.29 is 13.2 Å². The molecule has 0 saturated heterocycles. The van der Waals surface area contributed by atoms with E-state index >= 15 is 0 Å². The summed E-state index contributed by atoms with van der Waals surface area (Å²) in [6.07, 6.45) is 1.61. The molecule has 0 spiro atoms. The van der Waals surface area contributed by atoms with Gasteiger partial charge in [0.2, 0.25) is 0 Å². The summed E-state index contributed by atoms with van der Waals surface area (Å²) in [7, 11) is 0. The van der Waals surface area contributed by atoms with E-state index in [1.165, 1.54) is 0 Å². The Bertz CT molecular complexity index is 479. The number of aromatic nitrogens is 1. The van der Waals surface area contributed by atoms with Gasteiger partial charge in [-0.15, -0.1) is 0 Å². The summed E-state index contributed by atoms with van der Waals surface area (Å²) in [6, 6.07) is 3.67. The summed E-state index contributed by atoms with van der Waals surface area (Å²) >= 11 is 0. The quantitative estimate of drug-likeness (QED) is 0.696. The molecule has 0 aliphatic rings. The van der Waals surface area contributed by atoms with E-state index in [2.05, 4.69) is 4.98 Å². The molecule has 1 N–H and O–H groups in total. The lowest BCUT2D eigenvalue weighted by atomic mass is 10.1. The Morgan fingerprint density at radius 1 is 0.933 bits per heavy atom. The van der Waals surface area contributed by atoms with Gasteiger partial charge in [0, 0.05) is 11.9 Å². The zero-order valence-electron chi connectivity index (χ0n) is 7.94.